The van der Waals surface area contributed by atoms with Gasteiger partial charge in [-0.15, -0.1) is 55.9 Å². The van der Waals surface area contributed by atoms with Crippen LogP contribution in [0.2, 0.25) is 0 Å². The summed E-state index contributed by atoms with van der Waals surface area (Å²) in [6.07, 6.45) is 4.22. The third-order valence-electron chi connectivity index (χ3n) is 1.21. The van der Waals surface area contributed by atoms with Crippen molar-refractivity contribution in [2.45, 2.75) is 19.3 Å². The summed E-state index contributed by atoms with van der Waals surface area (Å²) in [6, 6.07) is 0. The van der Waals surface area contributed by atoms with Crippen LogP contribution in [0.4, 0.5) is 0 Å². The first kappa shape index (κ1) is 23.0. The summed E-state index contributed by atoms with van der Waals surface area (Å²) in [6.45, 7) is 2.50. The zero-order valence-electron chi connectivity index (χ0n) is 6.56. The zero-order chi connectivity index (χ0) is 6.95. The molecule has 0 saturated carbocycles. The molecule has 0 aromatic carbocycles. The molecular formula is C5H15Br3N2O2. The Morgan fingerprint density at radius 1 is 1.00 bits per heavy atom. The predicted octanol–water partition coefficient (Wildman–Crippen LogP) is 2.64. The molecule has 0 amide bonds. The molecular weight excluding hydrogens is 360 g/mol. The maximum Gasteiger partial charge on any atom is 0.152 e. The first-order valence-corrected chi connectivity index (χ1v) is 3.09. The number of nitrogens with zero attached hydrogens (tertiary/aromatic N) is 1. The Bertz CT molecular complexity index is 62.2. The van der Waals surface area contributed by atoms with E-state index in [1.807, 2.05) is 0 Å². The molecule has 1 heterocycles. The minimum absolute atomic E-state index is 0. The summed E-state index contributed by atoms with van der Waals surface area (Å²) >= 11 is 0. The topological polar surface area (TPSA) is 61.7 Å². The maximum atomic E-state index is 8.11. The van der Waals surface area contributed by atoms with Crippen LogP contribution >= 0.6 is 50.9 Å². The minimum Gasteiger partial charge on any atom is -0.379 e. The molecule has 0 aromatic rings. The fourth-order valence-corrected chi connectivity index (χ4v) is 0.802. The van der Waals surface area contributed by atoms with E-state index in [2.05, 4.69) is 5.32 Å². The summed E-state index contributed by atoms with van der Waals surface area (Å²) in [5.74, 6) is 0. The van der Waals surface area contributed by atoms with E-state index in [-0.39, 0.29) is 50.9 Å². The van der Waals surface area contributed by atoms with Crippen LogP contribution in [0.1, 0.15) is 19.3 Å². The number of piperidine rings is 1. The Morgan fingerprint density at radius 2 is 1.33 bits per heavy atom. The van der Waals surface area contributed by atoms with Gasteiger partial charge in [-0.05, 0) is 25.9 Å². The van der Waals surface area contributed by atoms with Crippen LogP contribution in [0.5, 0.6) is 0 Å². The van der Waals surface area contributed by atoms with E-state index in [4.69, 9.17) is 10.1 Å². The second-order valence-electron chi connectivity index (χ2n) is 1.89. The van der Waals surface area contributed by atoms with Gasteiger partial charge in [0, 0.05) is 0 Å². The van der Waals surface area contributed by atoms with Crippen molar-refractivity contribution in [3.05, 3.63) is 4.91 Å². The molecule has 7 heteroatoms. The summed E-state index contributed by atoms with van der Waals surface area (Å²) in [7, 11) is 0. The Morgan fingerprint density at radius 3 is 1.42 bits per heavy atom. The van der Waals surface area contributed by atoms with Crippen molar-refractivity contribution >= 4 is 50.9 Å². The van der Waals surface area contributed by atoms with Crippen LogP contribution in [-0.2, 0) is 0 Å². The van der Waals surface area contributed by atoms with E-state index in [0.29, 0.717) is 0 Å². The van der Waals surface area contributed by atoms with Crippen molar-refractivity contribution in [1.29, 1.82) is 0 Å². The van der Waals surface area contributed by atoms with Gasteiger partial charge in [-0.1, -0.05) is 6.42 Å². The minimum atomic E-state index is 0. The van der Waals surface area contributed by atoms with Crippen LogP contribution in [0.3, 0.4) is 0 Å². The van der Waals surface area contributed by atoms with E-state index in [1.165, 1.54) is 37.7 Å². The Kier molecular flexibility index (Phi) is 43.4. The van der Waals surface area contributed by atoms with Gasteiger partial charge in [0.2, 0.25) is 0 Å². The number of rotatable bonds is 0. The van der Waals surface area contributed by atoms with E-state index in [0.717, 1.165) is 0 Å². The van der Waals surface area contributed by atoms with E-state index >= 15 is 0 Å². The highest BCUT2D eigenvalue weighted by Gasteiger charge is 1.93. The molecule has 0 spiro atoms. The van der Waals surface area contributed by atoms with Gasteiger partial charge in [0.15, 0.2) is 5.34 Å². The molecule has 1 aliphatic rings. The largest absolute Gasteiger partial charge is 0.379 e. The van der Waals surface area contributed by atoms with Gasteiger partial charge in [-0.25, -0.2) is 0 Å². The van der Waals surface area contributed by atoms with Crippen LogP contribution < -0.4 is 5.32 Å². The molecule has 4 nitrogen and oxygen atoms in total. The third kappa shape index (κ3) is 22.4. The second-order valence-corrected chi connectivity index (χ2v) is 1.89. The van der Waals surface area contributed by atoms with Gasteiger partial charge in [-0.2, -0.15) is 0 Å². The second kappa shape index (κ2) is 22.6. The molecule has 0 radical (unpaired) electrons. The van der Waals surface area contributed by atoms with E-state index in [1.54, 1.807) is 0 Å². The first-order chi connectivity index (χ1) is 4.41. The molecule has 1 saturated heterocycles. The highest BCUT2D eigenvalue weighted by molar-refractivity contribution is 8.93. The van der Waals surface area contributed by atoms with Gasteiger partial charge < -0.3 is 10.5 Å². The van der Waals surface area contributed by atoms with Crippen molar-refractivity contribution in [3.63, 3.8) is 0 Å². The van der Waals surface area contributed by atoms with Crippen molar-refractivity contribution in [2.24, 2.45) is 5.34 Å². The smallest absolute Gasteiger partial charge is 0.152 e. The SMILES string of the molecule is Br.Br.Br.C1CCNCC1.O=NO. The Hall–Kier alpha value is 0.800. The number of hydrogen-bond acceptors (Lipinski definition) is 3. The molecule has 0 aliphatic carbocycles. The lowest BCUT2D eigenvalue weighted by Gasteiger charge is -2.08. The van der Waals surface area contributed by atoms with Crippen molar-refractivity contribution in [1.82, 2.24) is 5.32 Å². The molecule has 1 aliphatic heterocycles. The molecule has 1 rings (SSSR count). The number of hydrogen-bond donors (Lipinski definition) is 2. The van der Waals surface area contributed by atoms with Crippen LogP contribution in [0, 0.1) is 4.91 Å². The van der Waals surface area contributed by atoms with Crippen molar-refractivity contribution in [3.8, 4) is 0 Å². The van der Waals surface area contributed by atoms with Crippen LogP contribution in [-0.4, -0.2) is 18.3 Å². The maximum absolute atomic E-state index is 8.11. The highest BCUT2D eigenvalue weighted by atomic mass is 79.9. The Balaban J connectivity index is -0.0000000489. The monoisotopic (exact) mass is 372 g/mol. The molecule has 0 unspecified atom stereocenters. The summed E-state index contributed by atoms with van der Waals surface area (Å²) in [4.78, 5) is 8.11. The van der Waals surface area contributed by atoms with Crippen molar-refractivity contribution in [2.75, 3.05) is 13.1 Å². The van der Waals surface area contributed by atoms with Gasteiger partial charge in [0.1, 0.15) is 0 Å². The van der Waals surface area contributed by atoms with Gasteiger partial charge in [-0.3, -0.25) is 0 Å². The molecule has 2 N–H and O–H groups in total. The fraction of sp³-hybridized carbons (Fsp3) is 1.00. The van der Waals surface area contributed by atoms with Gasteiger partial charge in [0.05, 0.1) is 0 Å². The van der Waals surface area contributed by atoms with E-state index < -0.39 is 0 Å². The normalized spacial score (nSPS) is 13.0. The molecule has 0 aromatic heterocycles. The standard InChI is InChI=1S/C5H11N.3BrH.HNO2/c1-2-4-6-5-3-1;;;;2-1-3/h6H,1-5H2;3*1H;(H,2,3). The number of nitrogens with one attached hydrogen (secondary N) is 1. The van der Waals surface area contributed by atoms with E-state index in [9.17, 15) is 0 Å². The third-order valence-corrected chi connectivity index (χ3v) is 1.21. The van der Waals surface area contributed by atoms with Crippen LogP contribution in [0.15, 0.2) is 5.34 Å². The molecule has 0 atom stereocenters. The average molecular weight is 375 g/mol. The highest BCUT2D eigenvalue weighted by Crippen LogP contribution is 1.96. The number of halogens is 3. The fourth-order valence-electron chi connectivity index (χ4n) is 0.802. The lowest BCUT2D eigenvalue weighted by molar-refractivity contribution is 0.312. The van der Waals surface area contributed by atoms with Crippen LogP contribution in [0.25, 0.3) is 0 Å². The Labute approximate surface area is 104 Å². The summed E-state index contributed by atoms with van der Waals surface area (Å²) < 4.78 is 0. The lowest BCUT2D eigenvalue weighted by Crippen LogP contribution is -2.21. The molecule has 1 fully saturated rings. The lowest BCUT2D eigenvalue weighted by atomic mass is 10.2. The van der Waals surface area contributed by atoms with Gasteiger partial charge >= 0.3 is 0 Å². The predicted molar refractivity (Wildman–Crippen MR) is 65.3 cm³/mol. The summed E-state index contributed by atoms with van der Waals surface area (Å²) in [5, 5.41) is 11.2. The van der Waals surface area contributed by atoms with Gasteiger partial charge in [0.25, 0.3) is 0 Å². The van der Waals surface area contributed by atoms with Crippen molar-refractivity contribution < 1.29 is 5.21 Å². The first-order valence-electron chi connectivity index (χ1n) is 3.09. The molecule has 12 heavy (non-hydrogen) atoms. The quantitative estimate of drug-likeness (QED) is 0.506. The summed E-state index contributed by atoms with van der Waals surface area (Å²) in [5.41, 5.74) is 0. The average Bonchev–Trinajstić information content (AvgIpc) is 1.93. The molecule has 78 valence electrons. The zero-order valence-corrected chi connectivity index (χ0v) is 11.7. The molecule has 0 bridgehead atoms.